The first-order valence-electron chi connectivity index (χ1n) is 7.05. The van der Waals surface area contributed by atoms with Crippen molar-refractivity contribution in [3.8, 4) is 0 Å². The second-order valence-corrected chi connectivity index (χ2v) is 7.29. The Bertz CT molecular complexity index is 812. The van der Waals surface area contributed by atoms with E-state index in [1.807, 2.05) is 13.8 Å². The van der Waals surface area contributed by atoms with Crippen LogP contribution in [0.2, 0.25) is 0 Å². The van der Waals surface area contributed by atoms with Crippen LogP contribution in [0.4, 0.5) is 0 Å². The molecule has 0 radical (unpaired) electrons. The lowest BCUT2D eigenvalue weighted by Gasteiger charge is -2.22. The maximum atomic E-state index is 12.6. The minimum absolute atomic E-state index is 0.0338. The number of aromatic carboxylic acids is 1. The molecule has 124 valence electrons. The maximum absolute atomic E-state index is 12.6. The van der Waals surface area contributed by atoms with Crippen LogP contribution in [0.1, 0.15) is 36.1 Å². The molecule has 0 saturated heterocycles. The average molecular weight is 337 g/mol. The van der Waals surface area contributed by atoms with E-state index in [9.17, 15) is 13.2 Å². The Kier molecular flexibility index (Phi) is 4.86. The van der Waals surface area contributed by atoms with Gasteiger partial charge in [-0.25, -0.2) is 22.9 Å². The molecule has 1 heterocycles. The molecule has 1 atom stereocenters. The molecule has 0 amide bonds. The largest absolute Gasteiger partial charge is 0.478 e. The van der Waals surface area contributed by atoms with Crippen molar-refractivity contribution in [2.24, 2.45) is 13.0 Å². The van der Waals surface area contributed by atoms with Gasteiger partial charge in [0, 0.05) is 19.4 Å². The number of aryl methyl sites for hydroxylation is 1. The zero-order chi connectivity index (χ0) is 17.2. The van der Waals surface area contributed by atoms with Gasteiger partial charge < -0.3 is 9.67 Å². The van der Waals surface area contributed by atoms with Crippen LogP contribution in [0.25, 0.3) is 0 Å². The van der Waals surface area contributed by atoms with Crippen LogP contribution >= 0.6 is 0 Å². The van der Waals surface area contributed by atoms with Gasteiger partial charge in [0.1, 0.15) is 5.82 Å². The van der Waals surface area contributed by atoms with Gasteiger partial charge in [-0.15, -0.1) is 0 Å². The summed E-state index contributed by atoms with van der Waals surface area (Å²) in [4.78, 5) is 15.1. The molecular formula is C15H19N3O4S. The molecule has 0 bridgehead atoms. The van der Waals surface area contributed by atoms with Crippen LogP contribution in [0.15, 0.2) is 41.6 Å². The molecule has 23 heavy (non-hydrogen) atoms. The predicted octanol–water partition coefficient (Wildman–Crippen LogP) is 1.79. The third kappa shape index (κ3) is 3.77. The molecule has 7 nitrogen and oxygen atoms in total. The van der Waals surface area contributed by atoms with Gasteiger partial charge in [-0.1, -0.05) is 19.9 Å². The first kappa shape index (κ1) is 17.2. The van der Waals surface area contributed by atoms with Crippen molar-refractivity contribution in [3.05, 3.63) is 48.0 Å². The number of nitrogens with one attached hydrogen (secondary N) is 1. The van der Waals surface area contributed by atoms with Crippen molar-refractivity contribution in [1.82, 2.24) is 14.3 Å². The van der Waals surface area contributed by atoms with Gasteiger partial charge in [0.25, 0.3) is 0 Å². The first-order valence-corrected chi connectivity index (χ1v) is 8.53. The number of carbonyl (C=O) groups is 1. The zero-order valence-corrected chi connectivity index (χ0v) is 13.9. The average Bonchev–Trinajstić information content (AvgIpc) is 2.90. The molecular weight excluding hydrogens is 318 g/mol. The van der Waals surface area contributed by atoms with Gasteiger partial charge >= 0.3 is 5.97 Å². The monoisotopic (exact) mass is 337 g/mol. The summed E-state index contributed by atoms with van der Waals surface area (Å²) in [6.07, 6.45) is 3.34. The Morgan fingerprint density at radius 3 is 2.57 bits per heavy atom. The summed E-state index contributed by atoms with van der Waals surface area (Å²) in [7, 11) is -2.08. The molecule has 0 aliphatic carbocycles. The number of hydrogen-bond acceptors (Lipinski definition) is 4. The normalized spacial score (nSPS) is 13.2. The predicted molar refractivity (Wildman–Crippen MR) is 84.5 cm³/mol. The topological polar surface area (TPSA) is 101 Å². The molecule has 2 aromatic rings. The highest BCUT2D eigenvalue weighted by atomic mass is 32.2. The van der Waals surface area contributed by atoms with Crippen LogP contribution in [-0.4, -0.2) is 29.0 Å². The molecule has 1 aromatic heterocycles. The quantitative estimate of drug-likeness (QED) is 0.837. The van der Waals surface area contributed by atoms with Crippen molar-refractivity contribution in [3.63, 3.8) is 0 Å². The van der Waals surface area contributed by atoms with Gasteiger partial charge in [-0.05, 0) is 24.1 Å². The molecule has 0 spiro atoms. The van der Waals surface area contributed by atoms with Crippen molar-refractivity contribution >= 4 is 16.0 Å². The third-order valence-corrected chi connectivity index (χ3v) is 4.92. The molecule has 0 fully saturated rings. The zero-order valence-electron chi connectivity index (χ0n) is 13.1. The van der Waals surface area contributed by atoms with E-state index in [4.69, 9.17) is 5.11 Å². The number of imidazole rings is 1. The summed E-state index contributed by atoms with van der Waals surface area (Å²) >= 11 is 0. The fourth-order valence-electron chi connectivity index (χ4n) is 2.20. The van der Waals surface area contributed by atoms with Crippen molar-refractivity contribution in [2.45, 2.75) is 24.8 Å². The van der Waals surface area contributed by atoms with Crippen molar-refractivity contribution < 1.29 is 18.3 Å². The van der Waals surface area contributed by atoms with E-state index < -0.39 is 22.0 Å². The Labute approximate surface area is 135 Å². The van der Waals surface area contributed by atoms with Crippen LogP contribution < -0.4 is 4.72 Å². The number of carboxylic acids is 1. The Morgan fingerprint density at radius 1 is 1.35 bits per heavy atom. The molecule has 2 rings (SSSR count). The Hall–Kier alpha value is -2.19. The van der Waals surface area contributed by atoms with E-state index in [-0.39, 0.29) is 16.4 Å². The van der Waals surface area contributed by atoms with Crippen molar-refractivity contribution in [2.75, 3.05) is 0 Å². The molecule has 0 saturated carbocycles. The fourth-order valence-corrected chi connectivity index (χ4v) is 3.58. The van der Waals surface area contributed by atoms with Gasteiger partial charge in [0.05, 0.1) is 16.5 Å². The fraction of sp³-hybridized carbons (Fsp3) is 0.333. The van der Waals surface area contributed by atoms with Gasteiger partial charge in [-0.3, -0.25) is 0 Å². The van der Waals surface area contributed by atoms with E-state index in [2.05, 4.69) is 9.71 Å². The van der Waals surface area contributed by atoms with Gasteiger partial charge in [-0.2, -0.15) is 0 Å². The summed E-state index contributed by atoms with van der Waals surface area (Å²) in [5.74, 6) is -0.613. The number of benzene rings is 1. The van der Waals surface area contributed by atoms with E-state index in [1.165, 1.54) is 18.2 Å². The number of nitrogens with zero attached hydrogens (tertiary/aromatic N) is 2. The number of rotatable bonds is 6. The molecule has 2 N–H and O–H groups in total. The molecule has 0 aliphatic heterocycles. The van der Waals surface area contributed by atoms with E-state index in [0.29, 0.717) is 5.82 Å². The maximum Gasteiger partial charge on any atom is 0.335 e. The number of aromatic nitrogens is 2. The smallest absolute Gasteiger partial charge is 0.335 e. The van der Waals surface area contributed by atoms with Crippen LogP contribution in [0.3, 0.4) is 0 Å². The van der Waals surface area contributed by atoms with Crippen LogP contribution in [0, 0.1) is 5.92 Å². The summed E-state index contributed by atoms with van der Waals surface area (Å²) in [5, 5.41) is 9.00. The van der Waals surface area contributed by atoms with E-state index in [0.717, 1.165) is 6.07 Å². The number of hydrogen-bond donors (Lipinski definition) is 2. The van der Waals surface area contributed by atoms with Gasteiger partial charge in [0.15, 0.2) is 0 Å². The summed E-state index contributed by atoms with van der Waals surface area (Å²) in [5.41, 5.74) is -0.0778. The summed E-state index contributed by atoms with van der Waals surface area (Å²) < 4.78 is 29.5. The third-order valence-electron chi connectivity index (χ3n) is 3.48. The second-order valence-electron chi connectivity index (χ2n) is 5.57. The number of carboxylic acid groups (broad SMARTS) is 1. The summed E-state index contributed by atoms with van der Waals surface area (Å²) in [6, 6.07) is 4.74. The molecule has 1 aromatic carbocycles. The lowest BCUT2D eigenvalue weighted by atomic mass is 10.1. The van der Waals surface area contributed by atoms with Crippen LogP contribution in [0.5, 0.6) is 0 Å². The molecule has 0 aliphatic rings. The highest BCUT2D eigenvalue weighted by molar-refractivity contribution is 7.89. The molecule has 8 heteroatoms. The SMILES string of the molecule is CC(C)C(NS(=O)(=O)c1cccc(C(=O)O)c1)c1nccn1C. The highest BCUT2D eigenvalue weighted by Gasteiger charge is 2.27. The summed E-state index contributed by atoms with van der Waals surface area (Å²) in [6.45, 7) is 3.77. The van der Waals surface area contributed by atoms with Crippen molar-refractivity contribution in [1.29, 1.82) is 0 Å². The minimum Gasteiger partial charge on any atom is -0.478 e. The molecule has 1 unspecified atom stereocenters. The highest BCUT2D eigenvalue weighted by Crippen LogP contribution is 2.23. The lowest BCUT2D eigenvalue weighted by molar-refractivity contribution is 0.0696. The minimum atomic E-state index is -3.87. The number of sulfonamides is 1. The second kappa shape index (κ2) is 6.51. The van der Waals surface area contributed by atoms with E-state index >= 15 is 0 Å². The lowest BCUT2D eigenvalue weighted by Crippen LogP contribution is -2.33. The Balaban J connectivity index is 2.37. The van der Waals surface area contributed by atoms with Crippen LogP contribution in [-0.2, 0) is 17.1 Å². The first-order chi connectivity index (χ1) is 10.7. The van der Waals surface area contributed by atoms with E-state index in [1.54, 1.807) is 24.0 Å². The Morgan fingerprint density at radius 2 is 2.04 bits per heavy atom. The standard InChI is InChI=1S/C15H19N3O4S/c1-10(2)13(14-16-7-8-18(14)3)17-23(21,22)12-6-4-5-11(9-12)15(19)20/h4-10,13,17H,1-3H3,(H,19,20). The van der Waals surface area contributed by atoms with Gasteiger partial charge in [0.2, 0.25) is 10.0 Å².